The Kier molecular flexibility index (Phi) is 4.34. The van der Waals surface area contributed by atoms with Crippen LogP contribution in [-0.4, -0.2) is 34.4 Å². The molecule has 2 rings (SSSR count). The molecule has 4 heteroatoms. The van der Waals surface area contributed by atoms with Crippen molar-refractivity contribution in [3.8, 4) is 0 Å². The topological polar surface area (TPSA) is 56.6 Å². The van der Waals surface area contributed by atoms with E-state index in [0.29, 0.717) is 6.04 Å². The van der Waals surface area contributed by atoms with Crippen LogP contribution in [0.25, 0.3) is 0 Å². The van der Waals surface area contributed by atoms with Crippen LogP contribution in [0.15, 0.2) is 18.3 Å². The van der Waals surface area contributed by atoms with Crippen molar-refractivity contribution in [2.45, 2.75) is 38.3 Å². The van der Waals surface area contributed by atoms with Crippen LogP contribution in [0.1, 0.15) is 31.2 Å². The zero-order chi connectivity index (χ0) is 12.1. The fourth-order valence-corrected chi connectivity index (χ4v) is 2.44. The number of pyridine rings is 1. The molecular weight excluding hydrogens is 216 g/mol. The van der Waals surface area contributed by atoms with Crippen molar-refractivity contribution in [3.63, 3.8) is 0 Å². The smallest absolute Gasteiger partial charge is 0.128 e. The summed E-state index contributed by atoms with van der Waals surface area (Å²) in [6.07, 6.45) is 6.00. The first-order chi connectivity index (χ1) is 8.35. The minimum Gasteiger partial charge on any atom is -0.396 e. The SMILES string of the molecule is OCCCC1CCCN1c1ccc(CO)cn1. The van der Waals surface area contributed by atoms with Gasteiger partial charge in [-0.3, -0.25) is 0 Å². The van der Waals surface area contributed by atoms with E-state index in [-0.39, 0.29) is 13.2 Å². The van der Waals surface area contributed by atoms with Crippen molar-refractivity contribution in [1.29, 1.82) is 0 Å². The van der Waals surface area contributed by atoms with Gasteiger partial charge < -0.3 is 15.1 Å². The second-order valence-corrected chi connectivity index (χ2v) is 4.54. The molecule has 1 aromatic heterocycles. The predicted molar refractivity (Wildman–Crippen MR) is 66.8 cm³/mol. The molecular formula is C13H20N2O2. The summed E-state index contributed by atoms with van der Waals surface area (Å²) in [6, 6.07) is 4.40. The zero-order valence-electron chi connectivity index (χ0n) is 10.0. The molecule has 1 aliphatic heterocycles. The van der Waals surface area contributed by atoms with Crippen molar-refractivity contribution < 1.29 is 10.2 Å². The lowest BCUT2D eigenvalue weighted by Crippen LogP contribution is -2.30. The van der Waals surface area contributed by atoms with Crippen LogP contribution in [0.5, 0.6) is 0 Å². The molecule has 94 valence electrons. The molecule has 17 heavy (non-hydrogen) atoms. The molecule has 0 radical (unpaired) electrons. The lowest BCUT2D eigenvalue weighted by atomic mass is 10.1. The molecule has 1 aliphatic rings. The van der Waals surface area contributed by atoms with E-state index in [4.69, 9.17) is 10.2 Å². The van der Waals surface area contributed by atoms with Gasteiger partial charge in [-0.05, 0) is 37.3 Å². The fraction of sp³-hybridized carbons (Fsp3) is 0.615. The van der Waals surface area contributed by atoms with Gasteiger partial charge in [0.25, 0.3) is 0 Å². The van der Waals surface area contributed by atoms with Gasteiger partial charge in [-0.15, -0.1) is 0 Å². The van der Waals surface area contributed by atoms with Crippen LogP contribution in [0.2, 0.25) is 0 Å². The third kappa shape index (κ3) is 2.96. The van der Waals surface area contributed by atoms with Gasteiger partial charge in [0.05, 0.1) is 6.61 Å². The van der Waals surface area contributed by atoms with Crippen molar-refractivity contribution in [1.82, 2.24) is 4.98 Å². The van der Waals surface area contributed by atoms with Gasteiger partial charge in [-0.25, -0.2) is 4.98 Å². The Balaban J connectivity index is 2.03. The number of aliphatic hydroxyl groups excluding tert-OH is 2. The summed E-state index contributed by atoms with van der Waals surface area (Å²) in [5.41, 5.74) is 0.847. The summed E-state index contributed by atoms with van der Waals surface area (Å²) in [5, 5.41) is 17.9. The number of hydrogen-bond donors (Lipinski definition) is 2. The van der Waals surface area contributed by atoms with Gasteiger partial charge >= 0.3 is 0 Å². The van der Waals surface area contributed by atoms with E-state index in [1.54, 1.807) is 6.20 Å². The van der Waals surface area contributed by atoms with Crippen molar-refractivity contribution in [2.24, 2.45) is 0 Å². The molecule has 2 N–H and O–H groups in total. The highest BCUT2D eigenvalue weighted by Gasteiger charge is 2.24. The number of aromatic nitrogens is 1. The van der Waals surface area contributed by atoms with E-state index in [2.05, 4.69) is 9.88 Å². The van der Waals surface area contributed by atoms with E-state index in [1.165, 1.54) is 12.8 Å². The number of nitrogens with zero attached hydrogens (tertiary/aromatic N) is 2. The maximum absolute atomic E-state index is 8.98. The lowest BCUT2D eigenvalue weighted by Gasteiger charge is -2.25. The second kappa shape index (κ2) is 5.98. The van der Waals surface area contributed by atoms with Crippen molar-refractivity contribution in [2.75, 3.05) is 18.1 Å². The highest BCUT2D eigenvalue weighted by atomic mass is 16.3. The fourth-order valence-electron chi connectivity index (χ4n) is 2.44. The van der Waals surface area contributed by atoms with Gasteiger partial charge in [0.15, 0.2) is 0 Å². The Morgan fingerprint density at radius 3 is 2.88 bits per heavy atom. The zero-order valence-corrected chi connectivity index (χ0v) is 10.0. The third-order valence-corrected chi connectivity index (χ3v) is 3.36. The van der Waals surface area contributed by atoms with Crippen LogP contribution in [0.4, 0.5) is 5.82 Å². The van der Waals surface area contributed by atoms with Crippen molar-refractivity contribution in [3.05, 3.63) is 23.9 Å². The van der Waals surface area contributed by atoms with Crippen LogP contribution in [0, 0.1) is 0 Å². The molecule has 0 saturated carbocycles. The first-order valence-electron chi connectivity index (χ1n) is 6.28. The lowest BCUT2D eigenvalue weighted by molar-refractivity contribution is 0.279. The van der Waals surface area contributed by atoms with Crippen LogP contribution >= 0.6 is 0 Å². The first kappa shape index (κ1) is 12.3. The molecule has 0 bridgehead atoms. The molecule has 0 spiro atoms. The van der Waals surface area contributed by atoms with Crippen molar-refractivity contribution >= 4 is 5.82 Å². The molecule has 1 atom stereocenters. The standard InChI is InChI=1S/C13H20N2O2/c16-8-2-4-12-3-1-7-15(12)13-6-5-11(10-17)9-14-13/h5-6,9,12,16-17H,1-4,7-8,10H2. The normalized spacial score (nSPS) is 19.9. The third-order valence-electron chi connectivity index (χ3n) is 3.36. The van der Waals surface area contributed by atoms with Crippen LogP contribution in [-0.2, 0) is 6.61 Å². The molecule has 0 amide bonds. The van der Waals surface area contributed by atoms with E-state index in [9.17, 15) is 0 Å². The Morgan fingerprint density at radius 2 is 2.24 bits per heavy atom. The number of aliphatic hydroxyl groups is 2. The van der Waals surface area contributed by atoms with Gasteiger partial charge in [0.2, 0.25) is 0 Å². The average Bonchev–Trinajstić information content (AvgIpc) is 2.84. The largest absolute Gasteiger partial charge is 0.396 e. The van der Waals surface area contributed by atoms with Gasteiger partial charge in [0, 0.05) is 25.4 Å². The Hall–Kier alpha value is -1.13. The van der Waals surface area contributed by atoms with Gasteiger partial charge in [-0.2, -0.15) is 0 Å². The van der Waals surface area contributed by atoms with Crippen LogP contribution in [0.3, 0.4) is 0 Å². The van der Waals surface area contributed by atoms with Gasteiger partial charge in [-0.1, -0.05) is 6.07 Å². The number of hydrogen-bond acceptors (Lipinski definition) is 4. The van der Waals surface area contributed by atoms with E-state index >= 15 is 0 Å². The highest BCUT2D eigenvalue weighted by molar-refractivity contribution is 5.41. The Bertz CT molecular complexity index is 340. The molecule has 0 aromatic carbocycles. The molecule has 2 heterocycles. The monoisotopic (exact) mass is 236 g/mol. The minimum atomic E-state index is 0.0429. The van der Waals surface area contributed by atoms with Gasteiger partial charge in [0.1, 0.15) is 5.82 Å². The van der Waals surface area contributed by atoms with E-state index < -0.39 is 0 Å². The molecule has 1 fully saturated rings. The average molecular weight is 236 g/mol. The molecule has 4 nitrogen and oxygen atoms in total. The molecule has 1 saturated heterocycles. The Labute approximate surface area is 102 Å². The second-order valence-electron chi connectivity index (χ2n) is 4.54. The summed E-state index contributed by atoms with van der Waals surface area (Å²) in [6.45, 7) is 1.35. The minimum absolute atomic E-state index is 0.0429. The van der Waals surface area contributed by atoms with E-state index in [1.807, 2.05) is 12.1 Å². The van der Waals surface area contributed by atoms with E-state index in [0.717, 1.165) is 30.8 Å². The quantitative estimate of drug-likeness (QED) is 0.809. The predicted octanol–water partition coefficient (Wildman–Crippen LogP) is 1.32. The summed E-state index contributed by atoms with van der Waals surface area (Å²) in [7, 11) is 0. The highest BCUT2D eigenvalue weighted by Crippen LogP contribution is 2.26. The molecule has 1 aromatic rings. The Morgan fingerprint density at radius 1 is 1.35 bits per heavy atom. The summed E-state index contributed by atoms with van der Waals surface area (Å²) in [5.74, 6) is 0.989. The van der Waals surface area contributed by atoms with Crippen LogP contribution < -0.4 is 4.90 Å². The number of rotatable bonds is 5. The maximum atomic E-state index is 8.98. The molecule has 0 aliphatic carbocycles. The summed E-state index contributed by atoms with van der Waals surface area (Å²) >= 11 is 0. The first-order valence-corrected chi connectivity index (χ1v) is 6.28. The molecule has 1 unspecified atom stereocenters. The maximum Gasteiger partial charge on any atom is 0.128 e. The number of anilines is 1. The summed E-state index contributed by atoms with van der Waals surface area (Å²) in [4.78, 5) is 6.71. The summed E-state index contributed by atoms with van der Waals surface area (Å²) < 4.78 is 0.